The number of ether oxygens (including phenoxy) is 4. The molecule has 2 N–H and O–H groups in total. The number of ketones is 1. The molecular weight excluding hydrogens is 555 g/mol. The highest BCUT2D eigenvalue weighted by Gasteiger charge is 2.35. The van der Waals surface area contributed by atoms with Crippen molar-refractivity contribution in [2.75, 3.05) is 40.7 Å². The lowest BCUT2D eigenvalue weighted by atomic mass is 10.0. The van der Waals surface area contributed by atoms with Gasteiger partial charge in [-0.3, -0.25) is 9.59 Å². The maximum absolute atomic E-state index is 13.8. The Morgan fingerprint density at radius 1 is 1.00 bits per heavy atom. The fourth-order valence-electron chi connectivity index (χ4n) is 4.59. The van der Waals surface area contributed by atoms with E-state index in [1.807, 2.05) is 3.11 Å². The number of pyridine rings is 1. The molecule has 0 amide bonds. The van der Waals surface area contributed by atoms with Crippen molar-refractivity contribution in [1.29, 1.82) is 0 Å². The summed E-state index contributed by atoms with van der Waals surface area (Å²) in [5.41, 5.74) is 2.00. The summed E-state index contributed by atoms with van der Waals surface area (Å²) in [6.45, 7) is 2.19. The first kappa shape index (κ1) is 22.9. The molecule has 0 atom stereocenters. The lowest BCUT2D eigenvalue weighted by molar-refractivity contribution is 0.104. The molecule has 0 saturated carbocycles. The third kappa shape index (κ3) is 3.60. The van der Waals surface area contributed by atoms with Gasteiger partial charge in [0.25, 0.3) is 5.56 Å². The van der Waals surface area contributed by atoms with Crippen molar-refractivity contribution in [3.63, 3.8) is 0 Å². The Labute approximate surface area is 209 Å². The van der Waals surface area contributed by atoms with Gasteiger partial charge in [-0.1, -0.05) is 0 Å². The number of carbonyl (C=O) groups is 1. The summed E-state index contributed by atoms with van der Waals surface area (Å²) in [4.78, 5) is 27.4. The number of aromatic nitrogens is 1. The van der Waals surface area contributed by atoms with E-state index in [9.17, 15) is 9.59 Å². The van der Waals surface area contributed by atoms with E-state index in [4.69, 9.17) is 24.1 Å². The van der Waals surface area contributed by atoms with E-state index in [0.29, 0.717) is 88.8 Å². The summed E-state index contributed by atoms with van der Waals surface area (Å²) in [5.74, 6) is 1.78. The highest BCUT2D eigenvalue weighted by molar-refractivity contribution is 14.1. The minimum Gasteiger partial charge on any atom is -0.493 e. The molecule has 5 rings (SSSR count). The zero-order valence-electron chi connectivity index (χ0n) is 18.8. The van der Waals surface area contributed by atoms with Gasteiger partial charge < -0.3 is 28.6 Å². The molecule has 0 radical (unpaired) electrons. The lowest BCUT2D eigenvalue weighted by Gasteiger charge is -2.18. The van der Waals surface area contributed by atoms with Gasteiger partial charge in [-0.05, 0) is 30.7 Å². The van der Waals surface area contributed by atoms with E-state index in [2.05, 4.69) is 22.9 Å². The average Bonchev–Trinajstić information content (AvgIpc) is 3.41. The Bertz CT molecular complexity index is 1370. The van der Waals surface area contributed by atoms with Gasteiger partial charge in [-0.2, -0.15) is 0 Å². The van der Waals surface area contributed by atoms with Crippen LogP contribution >= 0.6 is 22.9 Å². The number of benzene rings is 2. The third-order valence-electron chi connectivity index (χ3n) is 6.15. The van der Waals surface area contributed by atoms with Crippen LogP contribution in [0.25, 0.3) is 22.0 Å². The summed E-state index contributed by atoms with van der Waals surface area (Å²) >= 11 is 2.20. The summed E-state index contributed by atoms with van der Waals surface area (Å²) in [6, 6.07) is 6.82. The quantitative estimate of drug-likeness (QED) is 0.180. The summed E-state index contributed by atoms with van der Waals surface area (Å²) in [6.07, 6.45) is 0.683. The van der Waals surface area contributed by atoms with Crippen molar-refractivity contribution in [3.8, 4) is 34.3 Å². The van der Waals surface area contributed by atoms with E-state index in [-0.39, 0.29) is 18.1 Å². The largest absolute Gasteiger partial charge is 0.493 e. The molecule has 1 aromatic heterocycles. The normalized spacial score (nSPS) is 13.5. The molecule has 1 aliphatic carbocycles. The minimum absolute atomic E-state index is 0.0995. The van der Waals surface area contributed by atoms with Crippen molar-refractivity contribution < 1.29 is 28.8 Å². The Balaban J connectivity index is 1.73. The first-order valence-corrected chi connectivity index (χ1v) is 11.8. The van der Waals surface area contributed by atoms with Gasteiger partial charge in [0.1, 0.15) is 0 Å². The average molecular weight is 579 g/mol. The van der Waals surface area contributed by atoms with Crippen LogP contribution in [0.1, 0.15) is 22.3 Å². The molecule has 3 aromatic rings. The Hall–Kier alpha value is -2.83. The van der Waals surface area contributed by atoms with Crippen LogP contribution in [0, 0.1) is 0 Å². The monoisotopic (exact) mass is 579 g/mol. The number of rotatable bonds is 8. The molecule has 2 aliphatic rings. The highest BCUT2D eigenvalue weighted by Crippen LogP contribution is 2.46. The van der Waals surface area contributed by atoms with Gasteiger partial charge in [-0.25, -0.2) is 3.11 Å². The SMILES string of the molecule is COc1cc2c3c(n(CCCN(I)CC[OH2+])c(=O)c2cc1OC)-c1cc2c(cc1C3=O)OCO2. The third-order valence-corrected chi connectivity index (χ3v) is 7.12. The molecule has 0 spiro atoms. The van der Waals surface area contributed by atoms with Crippen LogP contribution in [0.4, 0.5) is 0 Å². The molecule has 2 heterocycles. The molecule has 9 nitrogen and oxygen atoms in total. The first-order valence-electron chi connectivity index (χ1n) is 10.8. The fraction of sp³-hybridized carbons (Fsp3) is 0.333. The second-order valence-corrected chi connectivity index (χ2v) is 9.39. The molecule has 10 heteroatoms. The topological polar surface area (TPSA) is 102 Å². The molecule has 0 bridgehead atoms. The number of methoxy groups -OCH3 is 2. The second-order valence-electron chi connectivity index (χ2n) is 8.03. The van der Waals surface area contributed by atoms with Crippen LogP contribution in [0.2, 0.25) is 0 Å². The summed E-state index contributed by atoms with van der Waals surface area (Å²) < 4.78 is 25.6. The van der Waals surface area contributed by atoms with E-state index in [0.717, 1.165) is 0 Å². The maximum atomic E-state index is 13.8. The molecule has 0 unspecified atom stereocenters. The maximum Gasteiger partial charge on any atom is 0.259 e. The molecule has 0 saturated heterocycles. The summed E-state index contributed by atoms with van der Waals surface area (Å²) in [7, 11) is 3.03. The van der Waals surface area contributed by atoms with Crippen molar-refractivity contribution in [2.45, 2.75) is 13.0 Å². The van der Waals surface area contributed by atoms with Crippen LogP contribution in [-0.4, -0.2) is 59.3 Å². The molecule has 178 valence electrons. The van der Waals surface area contributed by atoms with Gasteiger partial charge in [0.2, 0.25) is 6.79 Å². The van der Waals surface area contributed by atoms with Crippen LogP contribution in [-0.2, 0) is 6.54 Å². The van der Waals surface area contributed by atoms with E-state index < -0.39 is 0 Å². The number of nitrogens with zero attached hydrogens (tertiary/aromatic N) is 2. The molecular formula is C24H24IN2O7+. The Kier molecular flexibility index (Phi) is 6.13. The number of hydrogen-bond acceptors (Lipinski definition) is 7. The first-order chi connectivity index (χ1) is 16.5. The van der Waals surface area contributed by atoms with Crippen molar-refractivity contribution in [1.82, 2.24) is 7.68 Å². The van der Waals surface area contributed by atoms with Crippen LogP contribution < -0.4 is 24.5 Å². The molecule has 1 aliphatic heterocycles. The predicted molar refractivity (Wildman–Crippen MR) is 135 cm³/mol. The summed E-state index contributed by atoms with van der Waals surface area (Å²) in [5, 5.41) is 8.34. The van der Waals surface area contributed by atoms with Crippen LogP contribution in [0.15, 0.2) is 29.1 Å². The van der Waals surface area contributed by atoms with E-state index in [1.54, 1.807) is 28.8 Å². The zero-order chi connectivity index (χ0) is 24.0. The van der Waals surface area contributed by atoms with Gasteiger partial charge >= 0.3 is 0 Å². The molecule has 0 fully saturated rings. The van der Waals surface area contributed by atoms with Gasteiger partial charge in [0.05, 0.1) is 37.4 Å². The molecule has 2 aromatic carbocycles. The zero-order valence-corrected chi connectivity index (χ0v) is 20.9. The predicted octanol–water partition coefficient (Wildman–Crippen LogP) is 2.73. The Morgan fingerprint density at radius 2 is 1.65 bits per heavy atom. The second kappa shape index (κ2) is 9.08. The minimum atomic E-state index is -0.200. The van der Waals surface area contributed by atoms with Crippen LogP contribution in [0.5, 0.6) is 23.0 Å². The standard InChI is InChI=1S/C24H23IN2O7/c1-31-17-8-13-16(11-18(17)32-2)24(30)27(5-3-4-26(25)6-7-28)22-14-9-19-20(34-12-33-19)10-15(14)23(29)21(13)22/h8-11,28H,3-7,12H2,1-2H3/p+1. The van der Waals surface area contributed by atoms with Gasteiger partial charge in [-0.15, -0.1) is 0 Å². The van der Waals surface area contributed by atoms with Crippen molar-refractivity contribution in [2.24, 2.45) is 0 Å². The van der Waals surface area contributed by atoms with Crippen molar-refractivity contribution in [3.05, 3.63) is 45.7 Å². The Morgan fingerprint density at radius 3 is 2.29 bits per heavy atom. The van der Waals surface area contributed by atoms with E-state index >= 15 is 0 Å². The van der Waals surface area contributed by atoms with Crippen molar-refractivity contribution >= 4 is 39.4 Å². The number of halogens is 1. The van der Waals surface area contributed by atoms with E-state index in [1.165, 1.54) is 14.2 Å². The fourth-order valence-corrected chi connectivity index (χ4v) is 5.17. The van der Waals surface area contributed by atoms with Gasteiger partial charge in [0.15, 0.2) is 35.4 Å². The number of carbonyl (C=O) groups excluding carboxylic acids is 1. The number of fused-ring (bicyclic) bond motifs is 6. The lowest BCUT2D eigenvalue weighted by Crippen LogP contribution is -2.26. The molecule has 34 heavy (non-hydrogen) atoms. The van der Waals surface area contributed by atoms with Crippen LogP contribution in [0.3, 0.4) is 0 Å². The smallest absolute Gasteiger partial charge is 0.259 e. The highest BCUT2D eigenvalue weighted by atomic mass is 127. The number of hydrogen-bond donors (Lipinski definition) is 0. The van der Waals surface area contributed by atoms with Gasteiger partial charge in [0, 0.05) is 52.5 Å².